The highest BCUT2D eigenvalue weighted by molar-refractivity contribution is 5.94. The van der Waals surface area contributed by atoms with E-state index in [0.29, 0.717) is 31.0 Å². The Morgan fingerprint density at radius 1 is 1.20 bits per heavy atom. The monoisotopic (exact) mass is 367 g/mol. The number of halogens is 1. The summed E-state index contributed by atoms with van der Waals surface area (Å²) in [5, 5.41) is 9.17. The second kappa shape index (κ2) is 11.9. The predicted octanol–water partition coefficient (Wildman–Crippen LogP) is 2.64. The lowest BCUT2D eigenvalue weighted by atomic mass is 10.0. The first-order valence-electron chi connectivity index (χ1n) is 9.03. The maximum absolute atomic E-state index is 11.9. The minimum absolute atomic E-state index is 0. The van der Waals surface area contributed by atoms with Crippen LogP contribution in [0.4, 0.5) is 0 Å². The van der Waals surface area contributed by atoms with E-state index < -0.39 is 0 Å². The van der Waals surface area contributed by atoms with Gasteiger partial charge in [-0.3, -0.25) is 9.59 Å². The molecule has 1 aliphatic heterocycles. The van der Waals surface area contributed by atoms with Gasteiger partial charge in [-0.05, 0) is 56.0 Å². The predicted molar refractivity (Wildman–Crippen MR) is 103 cm³/mol. The number of hydrogen-bond donors (Lipinski definition) is 3. The lowest BCUT2D eigenvalue weighted by Crippen LogP contribution is -2.25. The summed E-state index contributed by atoms with van der Waals surface area (Å²) in [5.41, 5.74) is 1.67. The molecule has 1 unspecified atom stereocenters. The number of unbranched alkanes of at least 4 members (excludes halogenated alkanes) is 1. The summed E-state index contributed by atoms with van der Waals surface area (Å²) in [6, 6.07) is 7.42. The van der Waals surface area contributed by atoms with Crippen LogP contribution in [0.5, 0.6) is 0 Å². The zero-order valence-corrected chi connectivity index (χ0v) is 15.8. The zero-order valence-electron chi connectivity index (χ0n) is 15.0. The van der Waals surface area contributed by atoms with Crippen LogP contribution in [0.25, 0.3) is 0 Å². The van der Waals surface area contributed by atoms with Gasteiger partial charge in [0.1, 0.15) is 0 Å². The normalized spacial score (nSPS) is 16.1. The molecule has 6 heteroatoms. The van der Waals surface area contributed by atoms with E-state index in [0.717, 1.165) is 37.9 Å². The van der Waals surface area contributed by atoms with Gasteiger partial charge in [-0.25, -0.2) is 0 Å². The van der Waals surface area contributed by atoms with Gasteiger partial charge in [0.25, 0.3) is 5.91 Å². The standard InChI is InChI=1S/C19H29N3O2.ClH/c1-2-3-11-21-19(24)17-7-4-15(5-8-17)14-22-18(23)9-6-16-10-12-20-13-16;/h4-5,7-8,16,20H,2-3,6,9-14H2,1H3,(H,21,24)(H,22,23);1H. The molecule has 0 aliphatic carbocycles. The average Bonchev–Trinajstić information content (AvgIpc) is 3.12. The molecule has 3 N–H and O–H groups in total. The molecule has 1 atom stereocenters. The van der Waals surface area contributed by atoms with Gasteiger partial charge in [0.05, 0.1) is 0 Å². The summed E-state index contributed by atoms with van der Waals surface area (Å²) in [6.45, 7) is 5.43. The van der Waals surface area contributed by atoms with E-state index in [-0.39, 0.29) is 24.2 Å². The zero-order chi connectivity index (χ0) is 17.2. The van der Waals surface area contributed by atoms with Gasteiger partial charge >= 0.3 is 0 Å². The second-order valence-electron chi connectivity index (χ2n) is 6.48. The Kier molecular flexibility index (Phi) is 10.2. The molecule has 140 valence electrons. The van der Waals surface area contributed by atoms with E-state index in [1.165, 1.54) is 6.42 Å². The Morgan fingerprint density at radius 2 is 1.96 bits per heavy atom. The number of carbonyl (C=O) groups excluding carboxylic acids is 2. The topological polar surface area (TPSA) is 70.2 Å². The number of carbonyl (C=O) groups is 2. The first-order chi connectivity index (χ1) is 11.7. The summed E-state index contributed by atoms with van der Waals surface area (Å²) in [5.74, 6) is 0.703. The minimum atomic E-state index is -0.0378. The Bertz CT molecular complexity index is 528. The quantitative estimate of drug-likeness (QED) is 0.587. The molecule has 2 rings (SSSR count). The first kappa shape index (κ1) is 21.5. The second-order valence-corrected chi connectivity index (χ2v) is 6.48. The van der Waals surface area contributed by atoms with E-state index in [9.17, 15) is 9.59 Å². The molecule has 1 aliphatic rings. The number of nitrogens with one attached hydrogen (secondary N) is 3. The van der Waals surface area contributed by atoms with E-state index in [1.54, 1.807) is 0 Å². The van der Waals surface area contributed by atoms with Gasteiger partial charge in [0.15, 0.2) is 0 Å². The van der Waals surface area contributed by atoms with Crippen molar-refractivity contribution in [2.45, 2.75) is 45.6 Å². The molecule has 1 saturated heterocycles. The van der Waals surface area contributed by atoms with Crippen molar-refractivity contribution in [2.24, 2.45) is 5.92 Å². The molecule has 0 bridgehead atoms. The van der Waals surface area contributed by atoms with Crippen LogP contribution >= 0.6 is 12.4 Å². The highest BCUT2D eigenvalue weighted by atomic mass is 35.5. The third-order valence-electron chi connectivity index (χ3n) is 4.46. The fraction of sp³-hybridized carbons (Fsp3) is 0.579. The fourth-order valence-electron chi connectivity index (χ4n) is 2.84. The van der Waals surface area contributed by atoms with Gasteiger partial charge in [-0.2, -0.15) is 0 Å². The van der Waals surface area contributed by atoms with Gasteiger partial charge in [-0.15, -0.1) is 12.4 Å². The maximum Gasteiger partial charge on any atom is 0.251 e. The summed E-state index contributed by atoms with van der Waals surface area (Å²) in [6.07, 6.45) is 4.78. The molecule has 0 radical (unpaired) electrons. The number of amides is 2. The molecule has 0 aromatic heterocycles. The van der Waals surface area contributed by atoms with Crippen LogP contribution in [0.3, 0.4) is 0 Å². The van der Waals surface area contributed by atoms with E-state index in [2.05, 4.69) is 22.9 Å². The van der Waals surface area contributed by atoms with Crippen molar-refractivity contribution >= 4 is 24.2 Å². The van der Waals surface area contributed by atoms with Crippen molar-refractivity contribution in [3.63, 3.8) is 0 Å². The largest absolute Gasteiger partial charge is 0.352 e. The summed E-state index contributed by atoms with van der Waals surface area (Å²) >= 11 is 0. The maximum atomic E-state index is 11.9. The molecule has 1 aromatic rings. The van der Waals surface area contributed by atoms with Crippen LogP contribution in [-0.2, 0) is 11.3 Å². The lowest BCUT2D eigenvalue weighted by molar-refractivity contribution is -0.121. The number of hydrogen-bond acceptors (Lipinski definition) is 3. The molecule has 5 nitrogen and oxygen atoms in total. The molecule has 25 heavy (non-hydrogen) atoms. The molecule has 2 amide bonds. The molecule has 0 spiro atoms. The Labute approximate surface area is 156 Å². The highest BCUT2D eigenvalue weighted by Gasteiger charge is 2.15. The van der Waals surface area contributed by atoms with Gasteiger partial charge in [0, 0.05) is 25.1 Å². The molecular weight excluding hydrogens is 338 g/mol. The van der Waals surface area contributed by atoms with Crippen molar-refractivity contribution in [1.29, 1.82) is 0 Å². The van der Waals surface area contributed by atoms with Crippen LogP contribution in [0.1, 0.15) is 54.9 Å². The Hall–Kier alpha value is -1.59. The minimum Gasteiger partial charge on any atom is -0.352 e. The average molecular weight is 368 g/mol. The van der Waals surface area contributed by atoms with Crippen molar-refractivity contribution in [3.05, 3.63) is 35.4 Å². The summed E-state index contributed by atoms with van der Waals surface area (Å²) in [4.78, 5) is 23.8. The number of rotatable bonds is 9. The van der Waals surface area contributed by atoms with Crippen molar-refractivity contribution in [2.75, 3.05) is 19.6 Å². The van der Waals surface area contributed by atoms with Crippen LogP contribution in [-0.4, -0.2) is 31.4 Å². The van der Waals surface area contributed by atoms with Crippen LogP contribution in [0, 0.1) is 5.92 Å². The Balaban J connectivity index is 0.00000312. The smallest absolute Gasteiger partial charge is 0.251 e. The molecule has 1 fully saturated rings. The van der Waals surface area contributed by atoms with Gasteiger partial charge in [-0.1, -0.05) is 25.5 Å². The Morgan fingerprint density at radius 3 is 2.60 bits per heavy atom. The van der Waals surface area contributed by atoms with Crippen LogP contribution in [0.2, 0.25) is 0 Å². The third-order valence-corrected chi connectivity index (χ3v) is 4.46. The molecule has 1 aromatic carbocycles. The van der Waals surface area contributed by atoms with E-state index >= 15 is 0 Å². The van der Waals surface area contributed by atoms with Crippen LogP contribution < -0.4 is 16.0 Å². The van der Waals surface area contributed by atoms with Crippen molar-refractivity contribution < 1.29 is 9.59 Å². The lowest BCUT2D eigenvalue weighted by Gasteiger charge is -2.09. The van der Waals surface area contributed by atoms with Crippen molar-refractivity contribution in [3.8, 4) is 0 Å². The SMILES string of the molecule is CCCCNC(=O)c1ccc(CNC(=O)CCC2CCNC2)cc1.Cl. The van der Waals surface area contributed by atoms with Crippen LogP contribution in [0.15, 0.2) is 24.3 Å². The number of benzene rings is 1. The van der Waals surface area contributed by atoms with E-state index in [1.807, 2.05) is 24.3 Å². The fourth-order valence-corrected chi connectivity index (χ4v) is 2.84. The molecule has 1 heterocycles. The highest BCUT2D eigenvalue weighted by Crippen LogP contribution is 2.14. The molecular formula is C19H30ClN3O2. The summed E-state index contributed by atoms with van der Waals surface area (Å²) < 4.78 is 0. The third kappa shape index (κ3) is 7.88. The summed E-state index contributed by atoms with van der Waals surface area (Å²) in [7, 11) is 0. The van der Waals surface area contributed by atoms with E-state index in [4.69, 9.17) is 0 Å². The molecule has 0 saturated carbocycles. The van der Waals surface area contributed by atoms with Gasteiger partial charge in [0.2, 0.25) is 5.91 Å². The van der Waals surface area contributed by atoms with Crippen molar-refractivity contribution in [1.82, 2.24) is 16.0 Å². The van der Waals surface area contributed by atoms with Gasteiger partial charge < -0.3 is 16.0 Å². The first-order valence-corrected chi connectivity index (χ1v) is 9.03.